The van der Waals surface area contributed by atoms with Gasteiger partial charge in [-0.2, -0.15) is 11.3 Å². The maximum Gasteiger partial charge on any atom is 0.0922 e. The molecule has 0 aromatic carbocycles. The van der Waals surface area contributed by atoms with Gasteiger partial charge in [-0.15, -0.1) is 0 Å². The Morgan fingerprint density at radius 2 is 2.56 bits per heavy atom. The summed E-state index contributed by atoms with van der Waals surface area (Å²) in [4.78, 5) is 2.35. The SMILES string of the molecule is CN1CCCC(NCC(O)c2ccsc2)C1. The van der Waals surface area contributed by atoms with Gasteiger partial charge in [0.1, 0.15) is 0 Å². The summed E-state index contributed by atoms with van der Waals surface area (Å²) in [6, 6.07) is 2.52. The number of likely N-dealkylation sites (tertiary alicyclic amines) is 1. The van der Waals surface area contributed by atoms with Gasteiger partial charge in [0, 0.05) is 19.1 Å². The third-order valence-corrected chi connectivity index (χ3v) is 3.85. The summed E-state index contributed by atoms with van der Waals surface area (Å²) in [6.45, 7) is 2.96. The second-order valence-corrected chi connectivity index (χ2v) is 5.36. The summed E-state index contributed by atoms with van der Waals surface area (Å²) in [5, 5.41) is 17.4. The summed E-state index contributed by atoms with van der Waals surface area (Å²) in [6.07, 6.45) is 2.11. The fourth-order valence-corrected chi connectivity index (χ4v) is 2.90. The Morgan fingerprint density at radius 3 is 3.25 bits per heavy atom. The highest BCUT2D eigenvalue weighted by Gasteiger charge is 2.17. The first-order valence-corrected chi connectivity index (χ1v) is 6.82. The molecule has 0 radical (unpaired) electrons. The van der Waals surface area contributed by atoms with Crippen LogP contribution in [0.5, 0.6) is 0 Å². The van der Waals surface area contributed by atoms with Crippen LogP contribution in [-0.4, -0.2) is 42.7 Å². The molecule has 0 aliphatic carbocycles. The summed E-state index contributed by atoms with van der Waals surface area (Å²) < 4.78 is 0. The van der Waals surface area contributed by atoms with Gasteiger partial charge in [0.2, 0.25) is 0 Å². The number of hydrogen-bond acceptors (Lipinski definition) is 4. The number of thiophene rings is 1. The average molecular weight is 240 g/mol. The topological polar surface area (TPSA) is 35.5 Å². The van der Waals surface area contributed by atoms with E-state index in [-0.39, 0.29) is 6.10 Å². The molecule has 1 fully saturated rings. The van der Waals surface area contributed by atoms with E-state index in [1.165, 1.54) is 19.4 Å². The zero-order chi connectivity index (χ0) is 11.4. The molecule has 2 heterocycles. The van der Waals surface area contributed by atoms with Gasteiger partial charge in [0.15, 0.2) is 0 Å². The van der Waals surface area contributed by atoms with Crippen molar-refractivity contribution in [2.45, 2.75) is 25.0 Å². The second kappa shape index (κ2) is 5.77. The van der Waals surface area contributed by atoms with Crippen molar-refractivity contribution in [3.8, 4) is 0 Å². The molecule has 2 N–H and O–H groups in total. The molecule has 2 rings (SSSR count). The highest BCUT2D eigenvalue weighted by Crippen LogP contribution is 2.16. The molecule has 0 amide bonds. The van der Waals surface area contributed by atoms with Crippen molar-refractivity contribution >= 4 is 11.3 Å². The molecule has 1 aliphatic heterocycles. The lowest BCUT2D eigenvalue weighted by atomic mass is 10.1. The van der Waals surface area contributed by atoms with Crippen LogP contribution in [0.15, 0.2) is 16.8 Å². The van der Waals surface area contributed by atoms with Gasteiger partial charge < -0.3 is 15.3 Å². The molecule has 0 saturated carbocycles. The van der Waals surface area contributed by atoms with E-state index >= 15 is 0 Å². The van der Waals surface area contributed by atoms with Crippen molar-refractivity contribution in [2.24, 2.45) is 0 Å². The summed E-state index contributed by atoms with van der Waals surface area (Å²) in [5.74, 6) is 0. The molecule has 4 heteroatoms. The van der Waals surface area contributed by atoms with Crippen molar-refractivity contribution in [3.63, 3.8) is 0 Å². The molecule has 1 aromatic heterocycles. The van der Waals surface area contributed by atoms with E-state index in [1.807, 2.05) is 16.8 Å². The van der Waals surface area contributed by atoms with Crippen LogP contribution in [0, 0.1) is 0 Å². The van der Waals surface area contributed by atoms with Crippen molar-refractivity contribution in [1.29, 1.82) is 0 Å². The number of rotatable bonds is 4. The Morgan fingerprint density at radius 1 is 1.69 bits per heavy atom. The molecule has 16 heavy (non-hydrogen) atoms. The van der Waals surface area contributed by atoms with Gasteiger partial charge in [-0.05, 0) is 48.8 Å². The van der Waals surface area contributed by atoms with Crippen molar-refractivity contribution in [2.75, 3.05) is 26.7 Å². The predicted molar refractivity (Wildman–Crippen MR) is 67.8 cm³/mol. The molecular formula is C12H20N2OS. The van der Waals surface area contributed by atoms with Gasteiger partial charge in [0.25, 0.3) is 0 Å². The molecule has 90 valence electrons. The smallest absolute Gasteiger partial charge is 0.0922 e. The van der Waals surface area contributed by atoms with Crippen molar-refractivity contribution < 1.29 is 5.11 Å². The number of hydrogen-bond donors (Lipinski definition) is 2. The van der Waals surface area contributed by atoms with Gasteiger partial charge in [-0.25, -0.2) is 0 Å². The fraction of sp³-hybridized carbons (Fsp3) is 0.667. The first-order valence-electron chi connectivity index (χ1n) is 5.88. The molecule has 3 nitrogen and oxygen atoms in total. The minimum atomic E-state index is -0.363. The van der Waals surface area contributed by atoms with E-state index < -0.39 is 0 Å². The van der Waals surface area contributed by atoms with Gasteiger partial charge in [-0.3, -0.25) is 0 Å². The quantitative estimate of drug-likeness (QED) is 0.836. The fourth-order valence-electron chi connectivity index (χ4n) is 2.19. The lowest BCUT2D eigenvalue weighted by molar-refractivity contribution is 0.155. The Bertz CT molecular complexity index is 302. The second-order valence-electron chi connectivity index (χ2n) is 4.58. The predicted octanol–water partition coefficient (Wildman–Crippen LogP) is 1.47. The lowest BCUT2D eigenvalue weighted by Crippen LogP contribution is -2.45. The van der Waals surface area contributed by atoms with E-state index in [1.54, 1.807) is 11.3 Å². The standard InChI is InChI=1S/C12H20N2OS/c1-14-5-2-3-11(8-14)13-7-12(15)10-4-6-16-9-10/h4,6,9,11-13,15H,2-3,5,7-8H2,1H3. The molecule has 1 aromatic rings. The molecule has 0 spiro atoms. The van der Waals surface area contributed by atoms with E-state index in [4.69, 9.17) is 0 Å². The summed E-state index contributed by atoms with van der Waals surface area (Å²) in [5.41, 5.74) is 1.03. The molecule has 0 bridgehead atoms. The third-order valence-electron chi connectivity index (χ3n) is 3.15. The van der Waals surface area contributed by atoms with Crippen molar-refractivity contribution in [3.05, 3.63) is 22.4 Å². The number of piperidine rings is 1. The van der Waals surface area contributed by atoms with Crippen LogP contribution in [0.25, 0.3) is 0 Å². The average Bonchev–Trinajstić information content (AvgIpc) is 2.79. The van der Waals surface area contributed by atoms with E-state index in [9.17, 15) is 5.11 Å². The number of nitrogens with one attached hydrogen (secondary N) is 1. The van der Waals surface area contributed by atoms with E-state index in [0.717, 1.165) is 12.1 Å². The molecule has 1 aliphatic rings. The van der Waals surface area contributed by atoms with Crippen LogP contribution in [0.2, 0.25) is 0 Å². The molecule has 2 atom stereocenters. The normalized spacial score (nSPS) is 24.5. The van der Waals surface area contributed by atoms with Crippen LogP contribution in [0.4, 0.5) is 0 Å². The zero-order valence-corrected chi connectivity index (χ0v) is 10.5. The largest absolute Gasteiger partial charge is 0.387 e. The molecule has 1 saturated heterocycles. The molecule has 2 unspecified atom stereocenters. The Labute approximate surface area is 101 Å². The number of aliphatic hydroxyl groups excluding tert-OH is 1. The maximum atomic E-state index is 9.94. The van der Waals surface area contributed by atoms with Crippen LogP contribution in [0.1, 0.15) is 24.5 Å². The van der Waals surface area contributed by atoms with Crippen LogP contribution >= 0.6 is 11.3 Å². The Hall–Kier alpha value is -0.420. The summed E-state index contributed by atoms with van der Waals surface area (Å²) in [7, 11) is 2.16. The highest BCUT2D eigenvalue weighted by molar-refractivity contribution is 7.07. The zero-order valence-electron chi connectivity index (χ0n) is 9.72. The first kappa shape index (κ1) is 12.0. The van der Waals surface area contributed by atoms with Crippen LogP contribution in [0.3, 0.4) is 0 Å². The van der Waals surface area contributed by atoms with E-state index in [0.29, 0.717) is 12.6 Å². The summed E-state index contributed by atoms with van der Waals surface area (Å²) >= 11 is 1.63. The highest BCUT2D eigenvalue weighted by atomic mass is 32.1. The van der Waals surface area contributed by atoms with Gasteiger partial charge >= 0.3 is 0 Å². The Kier molecular flexibility index (Phi) is 4.35. The van der Waals surface area contributed by atoms with Crippen LogP contribution < -0.4 is 5.32 Å². The minimum Gasteiger partial charge on any atom is -0.387 e. The third kappa shape index (κ3) is 3.28. The number of nitrogens with zero attached hydrogens (tertiary/aromatic N) is 1. The lowest BCUT2D eigenvalue weighted by Gasteiger charge is -2.30. The maximum absolute atomic E-state index is 9.94. The monoisotopic (exact) mass is 240 g/mol. The van der Waals surface area contributed by atoms with Crippen LogP contribution in [-0.2, 0) is 0 Å². The van der Waals surface area contributed by atoms with Gasteiger partial charge in [0.05, 0.1) is 6.10 Å². The number of likely N-dealkylation sites (N-methyl/N-ethyl adjacent to an activating group) is 1. The Balaban J connectivity index is 1.74. The number of aliphatic hydroxyl groups is 1. The van der Waals surface area contributed by atoms with E-state index in [2.05, 4.69) is 17.3 Å². The first-order chi connectivity index (χ1) is 7.75. The minimum absolute atomic E-state index is 0.363. The van der Waals surface area contributed by atoms with Crippen molar-refractivity contribution in [1.82, 2.24) is 10.2 Å². The van der Waals surface area contributed by atoms with Gasteiger partial charge in [-0.1, -0.05) is 0 Å². The molecular weight excluding hydrogens is 220 g/mol.